The number of hydroxylamine groups is 2. The van der Waals surface area contributed by atoms with E-state index in [0.29, 0.717) is 10.8 Å². The second-order valence-corrected chi connectivity index (χ2v) is 7.69. The van der Waals surface area contributed by atoms with Gasteiger partial charge in [0.2, 0.25) is 0 Å². The first kappa shape index (κ1) is 21.1. The third-order valence-electron chi connectivity index (χ3n) is 3.77. The van der Waals surface area contributed by atoms with Crippen LogP contribution in [0.15, 0.2) is 54.6 Å². The highest BCUT2D eigenvalue weighted by Gasteiger charge is 2.23. The van der Waals surface area contributed by atoms with E-state index in [9.17, 15) is 24.4 Å². The van der Waals surface area contributed by atoms with E-state index < -0.39 is 19.8 Å². The van der Waals surface area contributed by atoms with Crippen LogP contribution in [0.25, 0.3) is 0 Å². The monoisotopic (exact) mass is 394 g/mol. The van der Waals surface area contributed by atoms with Crippen LogP contribution in [0, 0.1) is 0 Å². The third-order valence-corrected chi connectivity index (χ3v) is 4.54. The summed E-state index contributed by atoms with van der Waals surface area (Å²) in [5.41, 5.74) is 1.50. The van der Waals surface area contributed by atoms with Gasteiger partial charge in [0.15, 0.2) is 0 Å². The van der Waals surface area contributed by atoms with E-state index in [4.69, 9.17) is 4.74 Å². The van der Waals surface area contributed by atoms with Crippen molar-refractivity contribution in [1.82, 2.24) is 9.96 Å². The van der Waals surface area contributed by atoms with E-state index in [1.165, 1.54) is 12.0 Å². The molecular formula is C18H23N2O6P. The Hall–Kier alpha value is -2.22. The lowest BCUT2D eigenvalue weighted by atomic mass is 10.2. The number of benzene rings is 2. The fourth-order valence-electron chi connectivity index (χ4n) is 2.52. The van der Waals surface area contributed by atoms with Gasteiger partial charge in [-0.1, -0.05) is 42.5 Å². The summed E-state index contributed by atoms with van der Waals surface area (Å²) in [6.07, 6.45) is -0.593. The number of carbonyl (C=O) groups excluding carboxylic acids is 1. The number of amides is 1. The second kappa shape index (κ2) is 9.64. The van der Waals surface area contributed by atoms with Crippen molar-refractivity contribution in [2.75, 3.05) is 19.9 Å². The Labute approximate surface area is 157 Å². The molecule has 146 valence electrons. The molecule has 0 spiro atoms. The molecule has 0 radical (unpaired) electrons. The summed E-state index contributed by atoms with van der Waals surface area (Å²) in [5, 5.41) is 10.6. The Bertz CT molecular complexity index is 778. The molecule has 0 aromatic heterocycles. The summed E-state index contributed by atoms with van der Waals surface area (Å²) in [4.78, 5) is 32.2. The summed E-state index contributed by atoms with van der Waals surface area (Å²) in [6, 6.07) is 15.9. The van der Waals surface area contributed by atoms with E-state index in [2.05, 4.69) is 0 Å². The Morgan fingerprint density at radius 3 is 2.15 bits per heavy atom. The topological polar surface area (TPSA) is 111 Å². The maximum atomic E-state index is 12.3. The summed E-state index contributed by atoms with van der Waals surface area (Å²) >= 11 is 0. The number of nitrogens with zero attached hydrogens (tertiary/aromatic N) is 2. The normalized spacial score (nSPS) is 11.4. The Morgan fingerprint density at radius 2 is 1.59 bits per heavy atom. The van der Waals surface area contributed by atoms with Gasteiger partial charge >= 0.3 is 7.60 Å². The van der Waals surface area contributed by atoms with Gasteiger partial charge in [-0.2, -0.15) is 0 Å². The quantitative estimate of drug-likeness (QED) is 0.339. The molecule has 1 amide bonds. The van der Waals surface area contributed by atoms with Crippen molar-refractivity contribution >= 4 is 13.5 Å². The number of carbonyl (C=O) groups is 1. The minimum Gasteiger partial charge on any atom is -0.497 e. The molecular weight excluding hydrogens is 371 g/mol. The summed E-state index contributed by atoms with van der Waals surface area (Å²) in [5.74, 6) is 0.00146. The first-order chi connectivity index (χ1) is 12.8. The molecule has 2 aromatic carbocycles. The van der Waals surface area contributed by atoms with E-state index in [-0.39, 0.29) is 19.6 Å². The van der Waals surface area contributed by atoms with Gasteiger partial charge in [-0.05, 0) is 23.3 Å². The smallest absolute Gasteiger partial charge is 0.339 e. The SMILES string of the molecule is COc1ccc(CN(CC(=O)N(O)Cc2ccccc2)CP(=O)(O)O)cc1. The third kappa shape index (κ3) is 7.50. The minimum atomic E-state index is -4.38. The molecule has 0 saturated carbocycles. The zero-order valence-corrected chi connectivity index (χ0v) is 15.8. The summed E-state index contributed by atoms with van der Waals surface area (Å²) < 4.78 is 16.5. The lowest BCUT2D eigenvalue weighted by Gasteiger charge is -2.24. The molecule has 8 nitrogen and oxygen atoms in total. The van der Waals surface area contributed by atoms with Crippen LogP contribution < -0.4 is 4.74 Å². The van der Waals surface area contributed by atoms with Crippen LogP contribution in [0.2, 0.25) is 0 Å². The van der Waals surface area contributed by atoms with E-state index in [1.807, 2.05) is 6.07 Å². The van der Waals surface area contributed by atoms with Crippen molar-refractivity contribution in [3.8, 4) is 5.75 Å². The van der Waals surface area contributed by atoms with Crippen LogP contribution in [-0.2, 0) is 22.4 Å². The van der Waals surface area contributed by atoms with Crippen molar-refractivity contribution in [3.05, 3.63) is 65.7 Å². The number of methoxy groups -OCH3 is 1. The van der Waals surface area contributed by atoms with Crippen molar-refractivity contribution in [3.63, 3.8) is 0 Å². The molecule has 0 aliphatic rings. The molecule has 0 aliphatic carbocycles. The van der Waals surface area contributed by atoms with E-state index >= 15 is 0 Å². The molecule has 0 fully saturated rings. The van der Waals surface area contributed by atoms with Crippen molar-refractivity contribution in [2.45, 2.75) is 13.1 Å². The van der Waals surface area contributed by atoms with Crippen molar-refractivity contribution in [1.29, 1.82) is 0 Å². The van der Waals surface area contributed by atoms with Gasteiger partial charge in [0.05, 0.1) is 20.2 Å². The molecule has 0 unspecified atom stereocenters. The standard InChI is InChI=1S/C18H23N2O6P/c1-26-17-9-7-16(8-10-17)11-19(14-27(23,24)25)13-18(21)20(22)12-15-5-3-2-4-6-15/h2-10,22H,11-14H2,1H3,(H2,23,24,25). The van der Waals surface area contributed by atoms with Gasteiger partial charge < -0.3 is 14.5 Å². The predicted molar refractivity (Wildman–Crippen MR) is 99.1 cm³/mol. The molecule has 0 heterocycles. The Balaban J connectivity index is 2.03. The molecule has 9 heteroatoms. The second-order valence-electron chi connectivity index (χ2n) is 6.08. The maximum Gasteiger partial charge on any atom is 0.339 e. The van der Waals surface area contributed by atoms with Gasteiger partial charge in [-0.15, -0.1) is 0 Å². The highest BCUT2D eigenvalue weighted by molar-refractivity contribution is 7.51. The van der Waals surface area contributed by atoms with Gasteiger partial charge in [-0.25, -0.2) is 5.06 Å². The lowest BCUT2D eigenvalue weighted by Crippen LogP contribution is -2.38. The highest BCUT2D eigenvalue weighted by atomic mass is 31.2. The lowest BCUT2D eigenvalue weighted by molar-refractivity contribution is -0.169. The zero-order chi connectivity index (χ0) is 19.9. The minimum absolute atomic E-state index is 0.00798. The Kier molecular flexibility index (Phi) is 7.53. The highest BCUT2D eigenvalue weighted by Crippen LogP contribution is 2.35. The fraction of sp³-hybridized carbons (Fsp3) is 0.278. The van der Waals surface area contributed by atoms with Crippen LogP contribution in [0.3, 0.4) is 0 Å². The van der Waals surface area contributed by atoms with E-state index in [1.54, 1.807) is 48.5 Å². The zero-order valence-electron chi connectivity index (χ0n) is 14.9. The van der Waals surface area contributed by atoms with E-state index in [0.717, 1.165) is 11.1 Å². The first-order valence-electron chi connectivity index (χ1n) is 8.20. The van der Waals surface area contributed by atoms with Crippen LogP contribution in [0.5, 0.6) is 5.75 Å². The Morgan fingerprint density at radius 1 is 1.00 bits per heavy atom. The van der Waals surface area contributed by atoms with Gasteiger partial charge in [0.1, 0.15) is 12.0 Å². The van der Waals surface area contributed by atoms with Crippen LogP contribution >= 0.6 is 7.60 Å². The van der Waals surface area contributed by atoms with Crippen LogP contribution in [0.4, 0.5) is 0 Å². The van der Waals surface area contributed by atoms with Crippen LogP contribution in [-0.4, -0.2) is 50.8 Å². The number of hydrogen-bond acceptors (Lipinski definition) is 5. The molecule has 0 atom stereocenters. The van der Waals surface area contributed by atoms with Gasteiger partial charge in [0.25, 0.3) is 5.91 Å². The molecule has 0 bridgehead atoms. The van der Waals surface area contributed by atoms with Gasteiger partial charge in [0, 0.05) is 6.54 Å². The fourth-order valence-corrected chi connectivity index (χ4v) is 3.24. The number of rotatable bonds is 9. The maximum absolute atomic E-state index is 12.3. The average molecular weight is 394 g/mol. The molecule has 0 aliphatic heterocycles. The largest absolute Gasteiger partial charge is 0.497 e. The molecule has 2 aromatic rings. The summed E-state index contributed by atoms with van der Waals surface area (Å²) in [6.45, 7) is -0.202. The predicted octanol–water partition coefficient (Wildman–Crippen LogP) is 2.05. The molecule has 3 N–H and O–H groups in total. The number of ether oxygens (including phenoxy) is 1. The molecule has 2 rings (SSSR count). The number of hydrogen-bond donors (Lipinski definition) is 3. The molecule has 27 heavy (non-hydrogen) atoms. The first-order valence-corrected chi connectivity index (χ1v) is 9.99. The summed E-state index contributed by atoms with van der Waals surface area (Å²) in [7, 11) is -2.84. The molecule has 0 saturated heterocycles. The van der Waals surface area contributed by atoms with Crippen molar-refractivity contribution in [2.24, 2.45) is 0 Å². The average Bonchev–Trinajstić information content (AvgIpc) is 2.61. The van der Waals surface area contributed by atoms with Crippen LogP contribution in [0.1, 0.15) is 11.1 Å². The van der Waals surface area contributed by atoms with Crippen molar-refractivity contribution < 1.29 is 29.1 Å². The van der Waals surface area contributed by atoms with Gasteiger partial charge in [-0.3, -0.25) is 19.5 Å².